The first-order valence-corrected chi connectivity index (χ1v) is 13.6. The van der Waals surface area contributed by atoms with Crippen molar-refractivity contribution in [3.8, 4) is 11.3 Å². The Morgan fingerprint density at radius 1 is 1.12 bits per heavy atom. The number of rotatable bonds is 6. The Balaban J connectivity index is 1.66. The molecule has 0 unspecified atom stereocenters. The first kappa shape index (κ1) is 28.5. The first-order valence-electron chi connectivity index (χ1n) is 12.5. The molecular weight excluding hydrogens is 591 g/mol. The monoisotopic (exact) mass is 612 g/mol. The molecule has 0 spiro atoms. The van der Waals surface area contributed by atoms with Crippen LogP contribution in [-0.2, 0) is 9.59 Å². The summed E-state index contributed by atoms with van der Waals surface area (Å²) in [6.07, 6.45) is 5.37. The van der Waals surface area contributed by atoms with Crippen molar-refractivity contribution in [2.24, 2.45) is 0 Å². The summed E-state index contributed by atoms with van der Waals surface area (Å²) >= 11 is 19.2. The molecule has 4 aromatic rings. The van der Waals surface area contributed by atoms with Crippen LogP contribution >= 0.6 is 34.8 Å². The Hall–Kier alpha value is -4.05. The summed E-state index contributed by atoms with van der Waals surface area (Å²) in [6.45, 7) is 6.61. The quantitative estimate of drug-likeness (QED) is 0.256. The van der Waals surface area contributed by atoms with E-state index in [-0.39, 0.29) is 44.7 Å². The van der Waals surface area contributed by atoms with Gasteiger partial charge in [0.1, 0.15) is 11.3 Å². The Kier molecular flexibility index (Phi) is 7.95. The number of anilines is 1. The van der Waals surface area contributed by atoms with Crippen LogP contribution in [0.3, 0.4) is 0 Å². The topological polar surface area (TPSA) is 109 Å². The standard InChI is InChI=1S/C29H23Cl3N4O5/c1-3-23(37)34-11-12-35(16(2)15-34)29-26(27(33-41-29)25-20(31)13-18(30)14-21(25)32)28(40)36-10-9-19-17(7-8-24(38)39)5-4-6-22(19)36/h3-10,13-14,16H,1,11-12,15H2,2H3,(H,38,39)/b8-7+/t16-/m0/s1. The smallest absolute Gasteiger partial charge is 0.328 e. The molecule has 41 heavy (non-hydrogen) atoms. The normalized spacial score (nSPS) is 15.6. The third kappa shape index (κ3) is 5.36. The number of carbonyl (C=O) groups is 3. The van der Waals surface area contributed by atoms with Gasteiger partial charge in [-0.15, -0.1) is 0 Å². The van der Waals surface area contributed by atoms with Gasteiger partial charge in [0, 0.05) is 53.9 Å². The fourth-order valence-electron chi connectivity index (χ4n) is 4.99. The lowest BCUT2D eigenvalue weighted by molar-refractivity contribution is -0.131. The number of nitrogens with zero attached hydrogens (tertiary/aromatic N) is 4. The zero-order chi connectivity index (χ0) is 29.4. The third-order valence-electron chi connectivity index (χ3n) is 6.90. The number of benzene rings is 2. The number of aromatic nitrogens is 2. The van der Waals surface area contributed by atoms with Crippen molar-refractivity contribution in [1.82, 2.24) is 14.6 Å². The highest BCUT2D eigenvalue weighted by Crippen LogP contribution is 2.42. The minimum absolute atomic E-state index is 0.121. The number of halogens is 3. The lowest BCUT2D eigenvalue weighted by atomic mass is 10.0. The van der Waals surface area contributed by atoms with E-state index in [9.17, 15) is 14.4 Å². The molecule has 9 nitrogen and oxygen atoms in total. The summed E-state index contributed by atoms with van der Waals surface area (Å²) in [7, 11) is 0. The van der Waals surface area contributed by atoms with E-state index in [1.54, 1.807) is 35.4 Å². The number of hydrogen-bond donors (Lipinski definition) is 1. The van der Waals surface area contributed by atoms with E-state index in [0.717, 1.165) is 6.08 Å². The molecule has 210 valence electrons. The molecule has 1 aliphatic rings. The summed E-state index contributed by atoms with van der Waals surface area (Å²) in [6, 6.07) is 9.74. The molecule has 3 heterocycles. The van der Waals surface area contributed by atoms with Crippen molar-refractivity contribution in [2.75, 3.05) is 24.5 Å². The van der Waals surface area contributed by atoms with Gasteiger partial charge in [-0.25, -0.2) is 4.79 Å². The van der Waals surface area contributed by atoms with Gasteiger partial charge < -0.3 is 19.4 Å². The summed E-state index contributed by atoms with van der Waals surface area (Å²) in [5, 5.41) is 14.7. The minimum atomic E-state index is -1.09. The van der Waals surface area contributed by atoms with Gasteiger partial charge in [-0.2, -0.15) is 0 Å². The first-order chi connectivity index (χ1) is 19.6. The predicted molar refractivity (Wildman–Crippen MR) is 159 cm³/mol. The Morgan fingerprint density at radius 2 is 1.85 bits per heavy atom. The molecule has 1 fully saturated rings. The lowest BCUT2D eigenvalue weighted by Crippen LogP contribution is -2.53. The summed E-state index contributed by atoms with van der Waals surface area (Å²) in [4.78, 5) is 41.2. The maximum Gasteiger partial charge on any atom is 0.328 e. The number of aliphatic carboxylic acids is 1. The molecule has 1 atom stereocenters. The van der Waals surface area contributed by atoms with E-state index in [1.807, 2.05) is 11.8 Å². The summed E-state index contributed by atoms with van der Waals surface area (Å²) in [5.41, 5.74) is 1.71. The van der Waals surface area contributed by atoms with Crippen molar-refractivity contribution in [1.29, 1.82) is 0 Å². The van der Waals surface area contributed by atoms with Gasteiger partial charge in [-0.05, 0) is 48.9 Å². The highest BCUT2D eigenvalue weighted by atomic mass is 35.5. The van der Waals surface area contributed by atoms with Crippen LogP contribution in [0.2, 0.25) is 15.1 Å². The third-order valence-corrected chi connectivity index (χ3v) is 7.71. The number of piperazine rings is 1. The van der Waals surface area contributed by atoms with Gasteiger partial charge in [0.05, 0.1) is 15.6 Å². The molecule has 5 rings (SSSR count). The minimum Gasteiger partial charge on any atom is -0.478 e. The van der Waals surface area contributed by atoms with Crippen LogP contribution in [0.1, 0.15) is 22.8 Å². The van der Waals surface area contributed by atoms with Crippen LogP contribution in [0.25, 0.3) is 28.2 Å². The average molecular weight is 614 g/mol. The highest BCUT2D eigenvalue weighted by Gasteiger charge is 2.35. The summed E-state index contributed by atoms with van der Waals surface area (Å²) < 4.78 is 7.27. The molecule has 1 saturated heterocycles. The number of fused-ring (bicyclic) bond motifs is 1. The van der Waals surface area contributed by atoms with E-state index in [2.05, 4.69) is 11.7 Å². The van der Waals surface area contributed by atoms with Crippen molar-refractivity contribution in [2.45, 2.75) is 13.0 Å². The molecule has 1 amide bonds. The Morgan fingerprint density at radius 3 is 2.51 bits per heavy atom. The van der Waals surface area contributed by atoms with Crippen LogP contribution in [-0.4, -0.2) is 63.2 Å². The number of amides is 1. The van der Waals surface area contributed by atoms with E-state index in [4.69, 9.17) is 44.4 Å². The Bertz CT molecular complexity index is 1720. The van der Waals surface area contributed by atoms with Crippen LogP contribution < -0.4 is 4.90 Å². The molecule has 1 N–H and O–H groups in total. The van der Waals surface area contributed by atoms with Gasteiger partial charge in [-0.1, -0.05) is 58.7 Å². The second kappa shape index (κ2) is 11.4. The molecule has 2 aromatic heterocycles. The Labute approximate surface area is 249 Å². The maximum atomic E-state index is 14.4. The van der Waals surface area contributed by atoms with Crippen molar-refractivity contribution < 1.29 is 24.0 Å². The molecule has 12 heteroatoms. The van der Waals surface area contributed by atoms with E-state index < -0.39 is 11.9 Å². The molecular formula is C29H23Cl3N4O5. The number of carboxylic acid groups (broad SMARTS) is 1. The molecule has 1 aliphatic heterocycles. The lowest BCUT2D eigenvalue weighted by Gasteiger charge is -2.39. The van der Waals surface area contributed by atoms with Crippen LogP contribution in [0.4, 0.5) is 5.88 Å². The van der Waals surface area contributed by atoms with Gasteiger partial charge in [0.25, 0.3) is 5.91 Å². The molecule has 0 radical (unpaired) electrons. The number of hydrogen-bond acceptors (Lipinski definition) is 6. The molecule has 2 aromatic carbocycles. The van der Waals surface area contributed by atoms with Crippen molar-refractivity contribution in [3.05, 3.63) is 87.5 Å². The largest absolute Gasteiger partial charge is 0.478 e. The molecule has 0 saturated carbocycles. The number of carbonyl (C=O) groups excluding carboxylic acids is 2. The van der Waals surface area contributed by atoms with Gasteiger partial charge in [0.2, 0.25) is 11.8 Å². The summed E-state index contributed by atoms with van der Waals surface area (Å²) in [5.74, 6) is -1.53. The fraction of sp³-hybridized carbons (Fsp3) is 0.172. The second-order valence-corrected chi connectivity index (χ2v) is 10.7. The van der Waals surface area contributed by atoms with Crippen molar-refractivity contribution >= 4 is 75.4 Å². The van der Waals surface area contributed by atoms with Gasteiger partial charge >= 0.3 is 5.97 Å². The van der Waals surface area contributed by atoms with Gasteiger partial charge in [0.15, 0.2) is 0 Å². The molecule has 0 aliphatic carbocycles. The highest BCUT2D eigenvalue weighted by molar-refractivity contribution is 6.42. The number of carboxylic acids is 1. The zero-order valence-electron chi connectivity index (χ0n) is 21.7. The van der Waals surface area contributed by atoms with Gasteiger partial charge in [-0.3, -0.25) is 14.2 Å². The van der Waals surface area contributed by atoms with Crippen LogP contribution in [0.15, 0.2) is 65.8 Å². The second-order valence-electron chi connectivity index (χ2n) is 9.43. The van der Waals surface area contributed by atoms with Crippen molar-refractivity contribution in [3.63, 3.8) is 0 Å². The van der Waals surface area contributed by atoms with E-state index >= 15 is 0 Å². The fourth-order valence-corrected chi connectivity index (χ4v) is 5.99. The average Bonchev–Trinajstić information content (AvgIpc) is 3.55. The predicted octanol–water partition coefficient (Wildman–Crippen LogP) is 6.27. The maximum absolute atomic E-state index is 14.4. The van der Waals surface area contributed by atoms with Crippen LogP contribution in [0, 0.1) is 0 Å². The van der Waals surface area contributed by atoms with E-state index in [0.29, 0.717) is 41.1 Å². The zero-order valence-corrected chi connectivity index (χ0v) is 24.0. The molecule has 0 bridgehead atoms. The van der Waals surface area contributed by atoms with Crippen LogP contribution in [0.5, 0.6) is 0 Å². The SMILES string of the molecule is C=CC(=O)N1CCN(c2onc(-c3c(Cl)cc(Cl)cc3Cl)c2C(=O)n2ccc3c(/C=C/C(=O)O)cccc32)[C@@H](C)C1. The van der Waals surface area contributed by atoms with E-state index in [1.165, 1.54) is 28.9 Å².